The van der Waals surface area contributed by atoms with E-state index in [1.54, 1.807) is 6.08 Å². The first kappa shape index (κ1) is 7.59. The largest absolute Gasteiger partial charge is 0.332 e. The Morgan fingerprint density at radius 2 is 2.25 bits per heavy atom. The molecule has 2 heterocycles. The van der Waals surface area contributed by atoms with Crippen molar-refractivity contribution >= 4 is 5.91 Å². The first-order valence-corrected chi connectivity index (χ1v) is 4.50. The lowest BCUT2D eigenvalue weighted by molar-refractivity contribution is -0.128. The fourth-order valence-corrected chi connectivity index (χ4v) is 1.84. The van der Waals surface area contributed by atoms with E-state index in [9.17, 15) is 4.79 Å². The fourth-order valence-electron chi connectivity index (χ4n) is 1.84. The second-order valence-corrected chi connectivity index (χ2v) is 3.33. The van der Waals surface area contributed by atoms with E-state index in [-0.39, 0.29) is 5.91 Å². The van der Waals surface area contributed by atoms with Crippen LogP contribution in [0.3, 0.4) is 0 Å². The lowest BCUT2D eigenvalue weighted by Gasteiger charge is -2.30. The van der Waals surface area contributed by atoms with Crippen molar-refractivity contribution < 1.29 is 4.79 Å². The van der Waals surface area contributed by atoms with Gasteiger partial charge in [-0.1, -0.05) is 18.2 Å². The molecular weight excluding hydrogens is 150 g/mol. The Morgan fingerprint density at radius 1 is 1.33 bits per heavy atom. The molecule has 0 aliphatic carbocycles. The minimum absolute atomic E-state index is 0.179. The number of amides is 1. The molecule has 2 nitrogen and oxygen atoms in total. The van der Waals surface area contributed by atoms with E-state index in [1.165, 1.54) is 0 Å². The van der Waals surface area contributed by atoms with Gasteiger partial charge < -0.3 is 4.90 Å². The zero-order valence-electron chi connectivity index (χ0n) is 7.07. The monoisotopic (exact) mass is 163 g/mol. The second-order valence-electron chi connectivity index (χ2n) is 3.33. The number of rotatable bonds is 0. The predicted octanol–water partition coefficient (Wildman–Crippen LogP) is 1.49. The third-order valence-electron chi connectivity index (χ3n) is 2.53. The van der Waals surface area contributed by atoms with E-state index in [0.29, 0.717) is 6.04 Å². The molecule has 12 heavy (non-hydrogen) atoms. The van der Waals surface area contributed by atoms with E-state index >= 15 is 0 Å². The van der Waals surface area contributed by atoms with Crippen LogP contribution in [-0.4, -0.2) is 23.4 Å². The lowest BCUT2D eigenvalue weighted by Crippen LogP contribution is -2.40. The number of carbonyl (C=O) groups excluding carboxylic acids is 1. The Labute approximate surface area is 72.6 Å². The molecule has 1 unspecified atom stereocenters. The van der Waals surface area contributed by atoms with Gasteiger partial charge in [-0.25, -0.2) is 0 Å². The van der Waals surface area contributed by atoms with Crippen molar-refractivity contribution in [2.24, 2.45) is 0 Å². The van der Waals surface area contributed by atoms with Crippen LogP contribution in [0.15, 0.2) is 24.3 Å². The van der Waals surface area contributed by atoms with Crippen molar-refractivity contribution in [2.45, 2.75) is 25.3 Å². The third kappa shape index (κ3) is 1.29. The van der Waals surface area contributed by atoms with Crippen LogP contribution < -0.4 is 0 Å². The summed E-state index contributed by atoms with van der Waals surface area (Å²) in [5, 5.41) is 0. The summed E-state index contributed by atoms with van der Waals surface area (Å²) in [7, 11) is 0. The van der Waals surface area contributed by atoms with Crippen molar-refractivity contribution in [3.8, 4) is 0 Å². The number of nitrogens with zero attached hydrogens (tertiary/aromatic N) is 1. The summed E-state index contributed by atoms with van der Waals surface area (Å²) in [6, 6.07) is 0.456. The highest BCUT2D eigenvalue weighted by atomic mass is 16.2. The first-order chi connectivity index (χ1) is 5.88. The summed E-state index contributed by atoms with van der Waals surface area (Å²) >= 11 is 0. The fraction of sp³-hybridized carbons (Fsp3) is 0.500. The van der Waals surface area contributed by atoms with Crippen LogP contribution >= 0.6 is 0 Å². The summed E-state index contributed by atoms with van der Waals surface area (Å²) in [4.78, 5) is 13.3. The van der Waals surface area contributed by atoms with Gasteiger partial charge in [-0.15, -0.1) is 0 Å². The molecule has 0 spiro atoms. The Balaban J connectivity index is 2.17. The molecular formula is C10H13NO. The first-order valence-electron chi connectivity index (χ1n) is 4.50. The van der Waals surface area contributed by atoms with Crippen molar-refractivity contribution in [2.75, 3.05) is 6.54 Å². The van der Waals surface area contributed by atoms with Gasteiger partial charge >= 0.3 is 0 Å². The average Bonchev–Trinajstić information content (AvgIpc) is 2.30. The summed E-state index contributed by atoms with van der Waals surface area (Å²) in [6.45, 7) is 0.799. The van der Waals surface area contributed by atoms with Gasteiger partial charge in [-0.3, -0.25) is 4.79 Å². The van der Waals surface area contributed by atoms with E-state index in [4.69, 9.17) is 0 Å². The van der Waals surface area contributed by atoms with Gasteiger partial charge in [0.1, 0.15) is 0 Å². The van der Waals surface area contributed by atoms with Crippen molar-refractivity contribution in [3.05, 3.63) is 24.3 Å². The SMILES string of the molecule is O=C1C=CCC2CCC=CCN12. The maximum atomic E-state index is 11.4. The molecule has 0 saturated heterocycles. The molecule has 0 fully saturated rings. The van der Waals surface area contributed by atoms with Crippen molar-refractivity contribution in [1.29, 1.82) is 0 Å². The van der Waals surface area contributed by atoms with Crippen LogP contribution in [0, 0.1) is 0 Å². The number of hydrogen-bond donors (Lipinski definition) is 0. The van der Waals surface area contributed by atoms with Gasteiger partial charge in [0.05, 0.1) is 0 Å². The molecule has 2 rings (SSSR count). The van der Waals surface area contributed by atoms with Gasteiger partial charge in [0.15, 0.2) is 0 Å². The third-order valence-corrected chi connectivity index (χ3v) is 2.53. The lowest BCUT2D eigenvalue weighted by atomic mass is 10.0. The highest BCUT2D eigenvalue weighted by molar-refractivity contribution is 5.88. The topological polar surface area (TPSA) is 20.3 Å². The number of hydrogen-bond acceptors (Lipinski definition) is 1. The van der Waals surface area contributed by atoms with Gasteiger partial charge in [0, 0.05) is 12.6 Å². The summed E-state index contributed by atoms with van der Waals surface area (Å²) in [5.74, 6) is 0.179. The molecule has 0 aromatic carbocycles. The minimum atomic E-state index is 0.179. The van der Waals surface area contributed by atoms with Crippen LogP contribution in [-0.2, 0) is 4.79 Å². The van der Waals surface area contributed by atoms with Crippen LogP contribution in [0.4, 0.5) is 0 Å². The van der Waals surface area contributed by atoms with E-state index in [0.717, 1.165) is 25.8 Å². The summed E-state index contributed by atoms with van der Waals surface area (Å²) in [5.41, 5.74) is 0. The van der Waals surface area contributed by atoms with Gasteiger partial charge in [0.25, 0.3) is 0 Å². The average molecular weight is 163 g/mol. The summed E-state index contributed by atoms with van der Waals surface area (Å²) in [6.07, 6.45) is 11.2. The predicted molar refractivity (Wildman–Crippen MR) is 47.6 cm³/mol. The van der Waals surface area contributed by atoms with E-state index in [1.807, 2.05) is 11.0 Å². The summed E-state index contributed by atoms with van der Waals surface area (Å²) < 4.78 is 0. The number of allylic oxidation sites excluding steroid dienone is 1. The molecule has 2 aliphatic heterocycles. The normalized spacial score (nSPS) is 28.5. The number of fused-ring (bicyclic) bond motifs is 1. The Bertz CT molecular complexity index is 242. The Hall–Kier alpha value is -1.05. The van der Waals surface area contributed by atoms with Gasteiger partial charge in [-0.2, -0.15) is 0 Å². The molecule has 2 heteroatoms. The zero-order chi connectivity index (χ0) is 8.39. The zero-order valence-corrected chi connectivity index (χ0v) is 7.07. The van der Waals surface area contributed by atoms with E-state index < -0.39 is 0 Å². The molecule has 1 amide bonds. The van der Waals surface area contributed by atoms with Crippen molar-refractivity contribution in [1.82, 2.24) is 4.90 Å². The standard InChI is InChI=1S/C10H13NO/c12-10-7-4-6-9-5-2-1-3-8-11(9)10/h1,3-4,7,9H,2,5-6,8H2. The molecule has 0 bridgehead atoms. The molecule has 1 atom stereocenters. The molecule has 0 aromatic rings. The quantitative estimate of drug-likeness (QED) is 0.495. The smallest absolute Gasteiger partial charge is 0.246 e. The second kappa shape index (κ2) is 3.13. The molecule has 0 radical (unpaired) electrons. The number of carbonyl (C=O) groups is 1. The maximum Gasteiger partial charge on any atom is 0.246 e. The minimum Gasteiger partial charge on any atom is -0.332 e. The van der Waals surface area contributed by atoms with Crippen LogP contribution in [0.25, 0.3) is 0 Å². The van der Waals surface area contributed by atoms with Crippen LogP contribution in [0.5, 0.6) is 0 Å². The molecule has 0 aromatic heterocycles. The molecule has 64 valence electrons. The molecule has 2 aliphatic rings. The molecule has 0 saturated carbocycles. The van der Waals surface area contributed by atoms with Crippen molar-refractivity contribution in [3.63, 3.8) is 0 Å². The van der Waals surface area contributed by atoms with Gasteiger partial charge in [0.2, 0.25) is 5.91 Å². The van der Waals surface area contributed by atoms with Crippen LogP contribution in [0.2, 0.25) is 0 Å². The highest BCUT2D eigenvalue weighted by Gasteiger charge is 2.23. The van der Waals surface area contributed by atoms with Gasteiger partial charge in [-0.05, 0) is 25.3 Å². The molecule has 0 N–H and O–H groups in total. The Morgan fingerprint density at radius 3 is 3.17 bits per heavy atom. The maximum absolute atomic E-state index is 11.4. The Kier molecular flexibility index (Phi) is 1.98. The van der Waals surface area contributed by atoms with Crippen LogP contribution in [0.1, 0.15) is 19.3 Å². The highest BCUT2D eigenvalue weighted by Crippen LogP contribution is 2.19. The van der Waals surface area contributed by atoms with E-state index in [2.05, 4.69) is 12.2 Å².